The minimum absolute atomic E-state index is 0.0943. The number of anilines is 1. The molecule has 1 heterocycles. The molecular formula is C21H25N5O4. The summed E-state index contributed by atoms with van der Waals surface area (Å²) >= 11 is 0. The number of hydrogen-bond donors (Lipinski definition) is 1. The molecule has 9 heteroatoms. The molecule has 30 heavy (non-hydrogen) atoms. The van der Waals surface area contributed by atoms with Gasteiger partial charge in [0.2, 0.25) is 11.7 Å². The fourth-order valence-corrected chi connectivity index (χ4v) is 2.62. The van der Waals surface area contributed by atoms with Crippen LogP contribution in [0.3, 0.4) is 0 Å². The van der Waals surface area contributed by atoms with Crippen molar-refractivity contribution in [3.63, 3.8) is 0 Å². The second kappa shape index (κ2) is 9.73. The molecule has 0 aliphatic rings. The number of carbonyl (C=O) groups excluding carboxylic acids is 1. The summed E-state index contributed by atoms with van der Waals surface area (Å²) in [4.78, 5) is 13.7. The topological polar surface area (TPSA) is 100 Å². The maximum absolute atomic E-state index is 12.4. The van der Waals surface area contributed by atoms with Crippen LogP contribution in [0.15, 0.2) is 42.5 Å². The highest BCUT2D eigenvalue weighted by Gasteiger charge is 2.13. The average Bonchev–Trinajstić information content (AvgIpc) is 3.20. The fourth-order valence-electron chi connectivity index (χ4n) is 2.62. The number of rotatable bonds is 9. The van der Waals surface area contributed by atoms with Crippen LogP contribution in [-0.2, 0) is 11.3 Å². The Hall–Kier alpha value is -3.62. The first-order chi connectivity index (χ1) is 14.5. The van der Waals surface area contributed by atoms with Crippen LogP contribution in [0.25, 0.3) is 11.4 Å². The van der Waals surface area contributed by atoms with E-state index in [-0.39, 0.29) is 12.5 Å². The minimum atomic E-state index is -0.317. The van der Waals surface area contributed by atoms with E-state index in [1.54, 1.807) is 25.3 Å². The van der Waals surface area contributed by atoms with Gasteiger partial charge in [-0.3, -0.25) is 4.79 Å². The Balaban J connectivity index is 1.63. The van der Waals surface area contributed by atoms with Crippen LogP contribution in [0.2, 0.25) is 0 Å². The Morgan fingerprint density at radius 2 is 1.80 bits per heavy atom. The van der Waals surface area contributed by atoms with E-state index in [0.717, 1.165) is 11.3 Å². The summed E-state index contributed by atoms with van der Waals surface area (Å²) in [5, 5.41) is 15.0. The van der Waals surface area contributed by atoms with Crippen LogP contribution in [-0.4, -0.2) is 46.9 Å². The lowest BCUT2D eigenvalue weighted by molar-refractivity contribution is -0.117. The summed E-state index contributed by atoms with van der Waals surface area (Å²) in [5.74, 6) is 2.48. The molecule has 0 atom stereocenters. The third kappa shape index (κ3) is 5.47. The molecule has 3 aromatic rings. The molecule has 0 fully saturated rings. The molecule has 1 amide bonds. The Morgan fingerprint density at radius 1 is 1.07 bits per heavy atom. The number of ether oxygens (including phenoxy) is 3. The van der Waals surface area contributed by atoms with Gasteiger partial charge in [-0.15, -0.1) is 10.2 Å². The molecule has 0 aliphatic heterocycles. The average molecular weight is 411 g/mol. The van der Waals surface area contributed by atoms with Crippen molar-refractivity contribution in [3.8, 4) is 28.6 Å². The normalized spacial score (nSPS) is 10.7. The molecule has 0 saturated carbocycles. The first-order valence-electron chi connectivity index (χ1n) is 9.51. The molecule has 0 radical (unpaired) electrons. The predicted molar refractivity (Wildman–Crippen MR) is 112 cm³/mol. The van der Waals surface area contributed by atoms with Crippen molar-refractivity contribution < 1.29 is 19.0 Å². The van der Waals surface area contributed by atoms with Gasteiger partial charge in [0.25, 0.3) is 0 Å². The van der Waals surface area contributed by atoms with Crippen molar-refractivity contribution in [2.75, 3.05) is 26.1 Å². The second-order valence-corrected chi connectivity index (χ2v) is 6.99. The first-order valence-corrected chi connectivity index (χ1v) is 9.51. The zero-order valence-corrected chi connectivity index (χ0v) is 17.5. The minimum Gasteiger partial charge on any atom is -0.497 e. The number of methoxy groups -OCH3 is 2. The van der Waals surface area contributed by atoms with Crippen LogP contribution in [0.1, 0.15) is 13.8 Å². The largest absolute Gasteiger partial charge is 0.497 e. The molecule has 3 rings (SSSR count). The van der Waals surface area contributed by atoms with Crippen molar-refractivity contribution in [3.05, 3.63) is 42.5 Å². The second-order valence-electron chi connectivity index (χ2n) is 6.99. The van der Waals surface area contributed by atoms with Crippen LogP contribution in [0.4, 0.5) is 5.69 Å². The van der Waals surface area contributed by atoms with Gasteiger partial charge in [0.15, 0.2) is 0 Å². The van der Waals surface area contributed by atoms with Gasteiger partial charge in [0, 0.05) is 11.6 Å². The van der Waals surface area contributed by atoms with Crippen molar-refractivity contribution in [1.82, 2.24) is 20.2 Å². The molecule has 1 aromatic heterocycles. The fraction of sp³-hybridized carbons (Fsp3) is 0.333. The number of nitrogens with zero attached hydrogens (tertiary/aromatic N) is 4. The van der Waals surface area contributed by atoms with Gasteiger partial charge < -0.3 is 19.5 Å². The lowest BCUT2D eigenvalue weighted by Gasteiger charge is -2.11. The molecule has 1 N–H and O–H groups in total. The van der Waals surface area contributed by atoms with Gasteiger partial charge in [-0.25, -0.2) is 0 Å². The zero-order chi connectivity index (χ0) is 21.5. The van der Waals surface area contributed by atoms with Crippen molar-refractivity contribution >= 4 is 11.6 Å². The van der Waals surface area contributed by atoms with Crippen LogP contribution in [0, 0.1) is 5.92 Å². The Morgan fingerprint density at radius 3 is 2.47 bits per heavy atom. The van der Waals surface area contributed by atoms with E-state index in [2.05, 4.69) is 34.6 Å². The van der Waals surface area contributed by atoms with Crippen LogP contribution >= 0.6 is 0 Å². The summed E-state index contributed by atoms with van der Waals surface area (Å²) in [6.45, 7) is 4.75. The Bertz CT molecular complexity index is 985. The van der Waals surface area contributed by atoms with Gasteiger partial charge in [-0.2, -0.15) is 4.80 Å². The maximum atomic E-state index is 12.4. The number of nitrogens with one attached hydrogen (secondary N) is 1. The van der Waals surface area contributed by atoms with E-state index < -0.39 is 0 Å². The van der Waals surface area contributed by atoms with Gasteiger partial charge in [-0.05, 0) is 47.5 Å². The smallest absolute Gasteiger partial charge is 0.248 e. The summed E-state index contributed by atoms with van der Waals surface area (Å²) in [6, 6.07) is 12.6. The van der Waals surface area contributed by atoms with E-state index in [9.17, 15) is 4.79 Å². The molecule has 0 aliphatic carbocycles. The molecule has 0 spiro atoms. The molecule has 0 bridgehead atoms. The third-order valence-electron chi connectivity index (χ3n) is 4.11. The van der Waals surface area contributed by atoms with E-state index >= 15 is 0 Å². The third-order valence-corrected chi connectivity index (χ3v) is 4.11. The summed E-state index contributed by atoms with van der Waals surface area (Å²) < 4.78 is 16.1. The van der Waals surface area contributed by atoms with Crippen LogP contribution in [0.5, 0.6) is 17.2 Å². The highest BCUT2D eigenvalue weighted by atomic mass is 16.5. The molecule has 0 saturated heterocycles. The number of aromatic nitrogens is 4. The number of amides is 1. The van der Waals surface area contributed by atoms with Crippen molar-refractivity contribution in [1.29, 1.82) is 0 Å². The van der Waals surface area contributed by atoms with E-state index in [4.69, 9.17) is 14.2 Å². The van der Waals surface area contributed by atoms with Gasteiger partial charge >= 0.3 is 0 Å². The predicted octanol–water partition coefficient (Wildman–Crippen LogP) is 3.03. The Labute approximate surface area is 175 Å². The molecular weight excluding hydrogens is 386 g/mol. The maximum Gasteiger partial charge on any atom is 0.248 e. The van der Waals surface area contributed by atoms with Crippen molar-refractivity contribution in [2.24, 2.45) is 5.92 Å². The SMILES string of the molecule is COc1ccc(OC)c(NC(=O)Cn2nnc(-c3ccc(OCC(C)C)cc3)n2)c1. The molecule has 158 valence electrons. The van der Waals surface area contributed by atoms with E-state index in [1.807, 2.05) is 24.3 Å². The Kier molecular flexibility index (Phi) is 6.84. The first kappa shape index (κ1) is 21.1. The summed E-state index contributed by atoms with van der Waals surface area (Å²) in [7, 11) is 3.08. The quantitative estimate of drug-likeness (QED) is 0.578. The highest BCUT2D eigenvalue weighted by Crippen LogP contribution is 2.28. The molecule has 2 aromatic carbocycles. The monoisotopic (exact) mass is 411 g/mol. The zero-order valence-electron chi connectivity index (χ0n) is 17.5. The number of hydrogen-bond acceptors (Lipinski definition) is 7. The number of tetrazole rings is 1. The van der Waals surface area contributed by atoms with Crippen molar-refractivity contribution in [2.45, 2.75) is 20.4 Å². The van der Waals surface area contributed by atoms with Gasteiger partial charge in [0.1, 0.15) is 23.8 Å². The standard InChI is InChI=1S/C21H25N5O4/c1-14(2)13-30-16-7-5-15(6-8-16)21-23-25-26(24-21)12-20(27)22-18-11-17(28-3)9-10-19(18)29-4/h5-11,14H,12-13H2,1-4H3,(H,22,27). The van der Waals surface area contributed by atoms with E-state index in [0.29, 0.717) is 35.5 Å². The number of carbonyl (C=O) groups is 1. The summed E-state index contributed by atoms with van der Waals surface area (Å²) in [5.41, 5.74) is 1.28. The lowest BCUT2D eigenvalue weighted by Crippen LogP contribution is -2.20. The highest BCUT2D eigenvalue weighted by molar-refractivity contribution is 5.92. The number of benzene rings is 2. The summed E-state index contributed by atoms with van der Waals surface area (Å²) in [6.07, 6.45) is 0. The molecule has 9 nitrogen and oxygen atoms in total. The van der Waals surface area contributed by atoms with Gasteiger partial charge in [0.05, 0.1) is 26.5 Å². The molecule has 0 unspecified atom stereocenters. The lowest BCUT2D eigenvalue weighted by atomic mass is 10.2. The van der Waals surface area contributed by atoms with E-state index in [1.165, 1.54) is 11.9 Å². The van der Waals surface area contributed by atoms with Crippen LogP contribution < -0.4 is 19.5 Å². The van der Waals surface area contributed by atoms with Gasteiger partial charge in [-0.1, -0.05) is 13.8 Å².